The van der Waals surface area contributed by atoms with Crippen molar-refractivity contribution < 1.29 is 13.2 Å². The SMILES string of the molecule is CN1CCN(S(=O)(=O)c2cccc(NC(=O)CCc3ccccc3Br)c2)CC1. The van der Waals surface area contributed by atoms with Crippen molar-refractivity contribution in [1.82, 2.24) is 9.21 Å². The van der Waals surface area contributed by atoms with Gasteiger partial charge in [-0.05, 0) is 43.3 Å². The van der Waals surface area contributed by atoms with Crippen LogP contribution in [0.1, 0.15) is 12.0 Å². The number of halogens is 1. The van der Waals surface area contributed by atoms with Crippen molar-refractivity contribution in [2.45, 2.75) is 17.7 Å². The Morgan fingerprint density at radius 3 is 2.50 bits per heavy atom. The summed E-state index contributed by atoms with van der Waals surface area (Å²) in [7, 11) is -1.58. The summed E-state index contributed by atoms with van der Waals surface area (Å²) in [5.74, 6) is -0.148. The average molecular weight is 466 g/mol. The quantitative estimate of drug-likeness (QED) is 0.711. The maximum Gasteiger partial charge on any atom is 0.243 e. The van der Waals surface area contributed by atoms with Gasteiger partial charge in [0.05, 0.1) is 4.90 Å². The zero-order valence-corrected chi connectivity index (χ0v) is 18.2. The molecule has 0 radical (unpaired) electrons. The van der Waals surface area contributed by atoms with Gasteiger partial charge in [-0.15, -0.1) is 0 Å². The number of sulfonamides is 1. The molecule has 0 bridgehead atoms. The summed E-state index contributed by atoms with van der Waals surface area (Å²) in [5.41, 5.74) is 1.55. The van der Waals surface area contributed by atoms with Crippen molar-refractivity contribution in [3.05, 3.63) is 58.6 Å². The van der Waals surface area contributed by atoms with E-state index in [1.165, 1.54) is 10.4 Å². The first-order chi connectivity index (χ1) is 13.4. The first-order valence-electron chi connectivity index (χ1n) is 9.18. The van der Waals surface area contributed by atoms with Crippen LogP contribution >= 0.6 is 15.9 Å². The fourth-order valence-corrected chi connectivity index (χ4v) is 5.04. The fraction of sp³-hybridized carbons (Fsp3) is 0.350. The topological polar surface area (TPSA) is 69.7 Å². The minimum Gasteiger partial charge on any atom is -0.326 e. The number of rotatable bonds is 6. The molecule has 1 N–H and O–H groups in total. The number of nitrogens with one attached hydrogen (secondary N) is 1. The first-order valence-corrected chi connectivity index (χ1v) is 11.4. The third kappa shape index (κ3) is 5.20. The smallest absolute Gasteiger partial charge is 0.243 e. The molecule has 8 heteroatoms. The van der Waals surface area contributed by atoms with E-state index in [0.29, 0.717) is 44.7 Å². The maximum atomic E-state index is 12.9. The van der Waals surface area contributed by atoms with Crippen LogP contribution < -0.4 is 5.32 Å². The third-order valence-corrected chi connectivity index (χ3v) is 7.47. The van der Waals surface area contributed by atoms with Gasteiger partial charge in [-0.1, -0.05) is 40.2 Å². The predicted molar refractivity (Wildman–Crippen MR) is 114 cm³/mol. The number of anilines is 1. The number of likely N-dealkylation sites (N-methyl/N-ethyl adjacent to an activating group) is 1. The van der Waals surface area contributed by atoms with E-state index in [1.54, 1.807) is 18.2 Å². The molecule has 28 heavy (non-hydrogen) atoms. The second-order valence-electron chi connectivity index (χ2n) is 6.87. The largest absolute Gasteiger partial charge is 0.326 e. The molecule has 2 aromatic rings. The van der Waals surface area contributed by atoms with Crippen molar-refractivity contribution in [2.75, 3.05) is 38.5 Å². The maximum absolute atomic E-state index is 12.9. The van der Waals surface area contributed by atoms with Crippen molar-refractivity contribution in [1.29, 1.82) is 0 Å². The predicted octanol–water partition coefficient (Wildman–Crippen LogP) is 2.96. The molecule has 0 unspecified atom stereocenters. The van der Waals surface area contributed by atoms with Crippen LogP contribution in [0.3, 0.4) is 0 Å². The second-order valence-corrected chi connectivity index (χ2v) is 9.67. The number of amides is 1. The fourth-order valence-electron chi connectivity index (χ4n) is 3.08. The summed E-state index contributed by atoms with van der Waals surface area (Å²) < 4.78 is 28.2. The van der Waals surface area contributed by atoms with Gasteiger partial charge in [-0.2, -0.15) is 4.31 Å². The van der Waals surface area contributed by atoms with Crippen LogP contribution in [0.15, 0.2) is 57.9 Å². The van der Waals surface area contributed by atoms with E-state index >= 15 is 0 Å². The number of piperazine rings is 1. The Labute approximate surface area is 174 Å². The Kier molecular flexibility index (Phi) is 6.87. The lowest BCUT2D eigenvalue weighted by Gasteiger charge is -2.31. The highest BCUT2D eigenvalue weighted by molar-refractivity contribution is 9.10. The number of hydrogen-bond acceptors (Lipinski definition) is 4. The summed E-state index contributed by atoms with van der Waals surface area (Å²) in [6.45, 7) is 2.37. The standard InChI is InChI=1S/C20H24BrN3O3S/c1-23-11-13-24(14-12-23)28(26,27)18-7-4-6-17(15-18)22-20(25)10-9-16-5-2-3-8-19(16)21/h2-8,15H,9-14H2,1H3,(H,22,25). The van der Waals surface area contributed by atoms with E-state index < -0.39 is 10.0 Å². The Bertz CT molecular complexity index is 941. The Hall–Kier alpha value is -1.74. The highest BCUT2D eigenvalue weighted by Gasteiger charge is 2.27. The first kappa shape index (κ1) is 21.0. The molecule has 1 saturated heterocycles. The minimum absolute atomic E-state index is 0.148. The molecule has 1 aliphatic rings. The third-order valence-electron chi connectivity index (χ3n) is 4.80. The van der Waals surface area contributed by atoms with E-state index in [4.69, 9.17) is 0 Å². The molecule has 1 aliphatic heterocycles. The summed E-state index contributed by atoms with van der Waals surface area (Å²) in [6.07, 6.45) is 0.921. The number of carbonyl (C=O) groups is 1. The number of carbonyl (C=O) groups excluding carboxylic acids is 1. The van der Waals surface area contributed by atoms with Crippen LogP contribution in [-0.2, 0) is 21.2 Å². The minimum atomic E-state index is -3.56. The monoisotopic (exact) mass is 465 g/mol. The molecule has 1 heterocycles. The summed E-state index contributed by atoms with van der Waals surface area (Å²) >= 11 is 3.48. The van der Waals surface area contributed by atoms with E-state index in [9.17, 15) is 13.2 Å². The van der Waals surface area contributed by atoms with Gasteiger partial charge in [-0.25, -0.2) is 8.42 Å². The van der Waals surface area contributed by atoms with E-state index in [-0.39, 0.29) is 10.8 Å². The molecule has 3 rings (SSSR count). The molecule has 1 amide bonds. The van der Waals surface area contributed by atoms with Gasteiger partial charge in [-0.3, -0.25) is 4.79 Å². The number of benzene rings is 2. The highest BCUT2D eigenvalue weighted by atomic mass is 79.9. The van der Waals surface area contributed by atoms with Gasteiger partial charge in [0, 0.05) is 42.8 Å². The number of hydrogen-bond donors (Lipinski definition) is 1. The molecular weight excluding hydrogens is 442 g/mol. The Balaban J connectivity index is 1.64. The molecule has 0 aromatic heterocycles. The molecule has 0 saturated carbocycles. The molecule has 1 fully saturated rings. The van der Waals surface area contributed by atoms with Gasteiger partial charge in [0.1, 0.15) is 0 Å². The average Bonchev–Trinajstić information content (AvgIpc) is 2.68. The van der Waals surface area contributed by atoms with Crippen LogP contribution in [0.4, 0.5) is 5.69 Å². The van der Waals surface area contributed by atoms with Crippen molar-refractivity contribution in [2.24, 2.45) is 0 Å². The summed E-state index contributed by atoms with van der Waals surface area (Å²) in [4.78, 5) is 14.6. The zero-order chi connectivity index (χ0) is 20.1. The normalized spacial score (nSPS) is 16.1. The molecule has 0 atom stereocenters. The van der Waals surface area contributed by atoms with Gasteiger partial charge in [0.2, 0.25) is 15.9 Å². The Morgan fingerprint density at radius 2 is 1.79 bits per heavy atom. The zero-order valence-electron chi connectivity index (χ0n) is 15.8. The van der Waals surface area contributed by atoms with Gasteiger partial charge in [0.15, 0.2) is 0 Å². The molecule has 2 aromatic carbocycles. The van der Waals surface area contributed by atoms with Crippen LogP contribution in [-0.4, -0.2) is 56.8 Å². The molecular formula is C20H24BrN3O3S. The van der Waals surface area contributed by atoms with Gasteiger partial charge < -0.3 is 10.2 Å². The highest BCUT2D eigenvalue weighted by Crippen LogP contribution is 2.22. The molecule has 150 valence electrons. The molecule has 0 aliphatic carbocycles. The lowest BCUT2D eigenvalue weighted by molar-refractivity contribution is -0.116. The van der Waals surface area contributed by atoms with Crippen molar-refractivity contribution in [3.8, 4) is 0 Å². The van der Waals surface area contributed by atoms with Crippen LogP contribution in [0.25, 0.3) is 0 Å². The summed E-state index contributed by atoms with van der Waals surface area (Å²) in [6, 6.07) is 14.3. The van der Waals surface area contributed by atoms with Crippen LogP contribution in [0.5, 0.6) is 0 Å². The van der Waals surface area contributed by atoms with Crippen LogP contribution in [0, 0.1) is 0 Å². The number of aryl methyl sites for hydroxylation is 1. The lowest BCUT2D eigenvalue weighted by Crippen LogP contribution is -2.47. The van der Waals surface area contributed by atoms with Crippen molar-refractivity contribution in [3.63, 3.8) is 0 Å². The molecule has 0 spiro atoms. The van der Waals surface area contributed by atoms with E-state index in [2.05, 4.69) is 26.1 Å². The lowest BCUT2D eigenvalue weighted by atomic mass is 10.1. The number of nitrogens with zero attached hydrogens (tertiary/aromatic N) is 2. The van der Waals surface area contributed by atoms with Gasteiger partial charge in [0.25, 0.3) is 0 Å². The second kappa shape index (κ2) is 9.17. The van der Waals surface area contributed by atoms with E-state index in [1.807, 2.05) is 31.3 Å². The van der Waals surface area contributed by atoms with Crippen LogP contribution in [0.2, 0.25) is 0 Å². The summed E-state index contributed by atoms with van der Waals surface area (Å²) in [5, 5.41) is 2.81. The van der Waals surface area contributed by atoms with Gasteiger partial charge >= 0.3 is 0 Å². The Morgan fingerprint density at radius 1 is 1.07 bits per heavy atom. The molecule has 6 nitrogen and oxygen atoms in total. The van der Waals surface area contributed by atoms with E-state index in [0.717, 1.165) is 10.0 Å². The van der Waals surface area contributed by atoms with Crippen molar-refractivity contribution >= 4 is 37.5 Å².